The van der Waals surface area contributed by atoms with Gasteiger partial charge in [0.1, 0.15) is 11.5 Å². The molecule has 2 aliphatic heterocycles. The monoisotopic (exact) mass is 454 g/mol. The molecule has 0 atom stereocenters. The summed E-state index contributed by atoms with van der Waals surface area (Å²) >= 11 is 6.12. The second kappa shape index (κ2) is 8.28. The van der Waals surface area contributed by atoms with E-state index in [1.807, 2.05) is 12.1 Å². The fraction of sp³-hybridized carbons (Fsp3) is 0.250. The van der Waals surface area contributed by atoms with Crippen molar-refractivity contribution >= 4 is 21.6 Å². The van der Waals surface area contributed by atoms with E-state index in [9.17, 15) is 8.42 Å². The Morgan fingerprint density at radius 2 is 1.55 bits per heavy atom. The first-order chi connectivity index (χ1) is 15.0. The zero-order valence-corrected chi connectivity index (χ0v) is 18.5. The number of fused-ring (bicyclic) bond motifs is 1. The second-order valence-corrected chi connectivity index (χ2v) is 10.3. The molecule has 7 heteroatoms. The van der Waals surface area contributed by atoms with E-state index in [-0.39, 0.29) is 10.9 Å². The minimum absolute atomic E-state index is 0.269. The molecule has 3 aromatic rings. The number of ether oxygens (including phenoxy) is 1. The Bertz CT molecular complexity index is 1190. The van der Waals surface area contributed by atoms with Gasteiger partial charge in [0.15, 0.2) is 0 Å². The highest BCUT2D eigenvalue weighted by Crippen LogP contribution is 2.31. The Balaban J connectivity index is 1.22. The van der Waals surface area contributed by atoms with E-state index in [1.54, 1.807) is 40.7 Å². The molecule has 0 spiro atoms. The first-order valence-corrected chi connectivity index (χ1v) is 12.2. The number of nitrogens with zero attached hydrogens (tertiary/aromatic N) is 2. The molecule has 0 bridgehead atoms. The van der Waals surface area contributed by atoms with Crippen LogP contribution >= 0.6 is 11.6 Å². The molecule has 1 saturated heterocycles. The zero-order chi connectivity index (χ0) is 21.4. The van der Waals surface area contributed by atoms with Crippen molar-refractivity contribution in [1.82, 2.24) is 9.21 Å². The van der Waals surface area contributed by atoms with Crippen LogP contribution in [0.4, 0.5) is 0 Å². The zero-order valence-electron chi connectivity index (χ0n) is 16.9. The maximum Gasteiger partial charge on any atom is 0.243 e. The van der Waals surface area contributed by atoms with Gasteiger partial charge < -0.3 is 4.74 Å². The molecule has 0 N–H and O–H groups in total. The molecule has 0 amide bonds. The molecule has 0 aromatic heterocycles. The highest BCUT2D eigenvalue weighted by Gasteiger charge is 2.40. The second-order valence-electron chi connectivity index (χ2n) is 7.97. The third kappa shape index (κ3) is 4.08. The van der Waals surface area contributed by atoms with Crippen molar-refractivity contribution in [3.63, 3.8) is 0 Å². The lowest BCUT2D eigenvalue weighted by molar-refractivity contribution is 0.0769. The van der Waals surface area contributed by atoms with Crippen LogP contribution in [0.2, 0.25) is 5.02 Å². The molecule has 5 nitrogen and oxygen atoms in total. The Morgan fingerprint density at radius 1 is 0.871 bits per heavy atom. The predicted octanol–water partition coefficient (Wildman–Crippen LogP) is 4.56. The quantitative estimate of drug-likeness (QED) is 0.567. The molecule has 2 aliphatic rings. The highest BCUT2D eigenvalue weighted by atomic mass is 35.5. The topological polar surface area (TPSA) is 49.9 Å². The summed E-state index contributed by atoms with van der Waals surface area (Å²) in [6, 6.07) is 22.5. The van der Waals surface area contributed by atoms with Gasteiger partial charge in [0.25, 0.3) is 0 Å². The fourth-order valence-electron chi connectivity index (χ4n) is 4.16. The summed E-state index contributed by atoms with van der Waals surface area (Å²) < 4.78 is 33.3. The summed E-state index contributed by atoms with van der Waals surface area (Å²) in [7, 11) is -3.51. The molecule has 2 heterocycles. The van der Waals surface area contributed by atoms with Crippen LogP contribution in [0.3, 0.4) is 0 Å². The molecular weight excluding hydrogens is 432 g/mol. The molecule has 160 valence electrons. The summed E-state index contributed by atoms with van der Waals surface area (Å²) in [5.74, 6) is 1.08. The van der Waals surface area contributed by atoms with Gasteiger partial charge in [0.2, 0.25) is 10.0 Å². The summed E-state index contributed by atoms with van der Waals surface area (Å²) in [4.78, 5) is 2.68. The Hall–Kier alpha value is -2.38. The SMILES string of the molecule is O=S(=O)(c1ccc(Oc2ccccc2Cl)cc1)N1CC(N2CCc3ccccc3C2)C1. The molecule has 5 rings (SSSR count). The minimum Gasteiger partial charge on any atom is -0.456 e. The van der Waals surface area contributed by atoms with Crippen LogP contribution in [-0.4, -0.2) is 43.3 Å². The third-order valence-electron chi connectivity index (χ3n) is 6.03. The molecule has 1 fully saturated rings. The number of halogens is 1. The van der Waals surface area contributed by atoms with Crippen LogP contribution in [0.5, 0.6) is 11.5 Å². The maximum atomic E-state index is 13.0. The minimum atomic E-state index is -3.51. The van der Waals surface area contributed by atoms with Gasteiger partial charge in [-0.15, -0.1) is 0 Å². The van der Waals surface area contributed by atoms with Crippen LogP contribution in [-0.2, 0) is 23.0 Å². The van der Waals surface area contributed by atoms with Gasteiger partial charge in [-0.2, -0.15) is 4.31 Å². The lowest BCUT2D eigenvalue weighted by Crippen LogP contribution is -2.61. The molecule has 0 radical (unpaired) electrons. The van der Waals surface area contributed by atoms with Gasteiger partial charge in [0, 0.05) is 32.2 Å². The van der Waals surface area contributed by atoms with E-state index in [1.165, 1.54) is 11.1 Å². The van der Waals surface area contributed by atoms with Crippen molar-refractivity contribution in [2.45, 2.75) is 23.9 Å². The standard InChI is InChI=1S/C24H23ClN2O3S/c25-23-7-3-4-8-24(23)30-21-9-11-22(12-10-21)31(28,29)27-16-20(17-27)26-14-13-18-5-1-2-6-19(18)15-26/h1-12,20H,13-17H2. The summed E-state index contributed by atoms with van der Waals surface area (Å²) in [5.41, 5.74) is 2.76. The summed E-state index contributed by atoms with van der Waals surface area (Å²) in [6.45, 7) is 2.93. The van der Waals surface area contributed by atoms with Gasteiger partial charge in [-0.1, -0.05) is 48.0 Å². The van der Waals surface area contributed by atoms with Crippen LogP contribution in [0.1, 0.15) is 11.1 Å². The van der Waals surface area contributed by atoms with Crippen LogP contribution in [0, 0.1) is 0 Å². The molecular formula is C24H23ClN2O3S. The van der Waals surface area contributed by atoms with Crippen molar-refractivity contribution in [2.24, 2.45) is 0 Å². The number of rotatable bonds is 5. The van der Waals surface area contributed by atoms with Gasteiger partial charge >= 0.3 is 0 Å². The van der Waals surface area contributed by atoms with E-state index in [2.05, 4.69) is 29.2 Å². The largest absolute Gasteiger partial charge is 0.456 e. The van der Waals surface area contributed by atoms with E-state index in [4.69, 9.17) is 16.3 Å². The lowest BCUT2D eigenvalue weighted by Gasteiger charge is -2.46. The molecule has 0 unspecified atom stereocenters. The number of benzene rings is 3. The highest BCUT2D eigenvalue weighted by molar-refractivity contribution is 7.89. The average molecular weight is 455 g/mol. The summed E-state index contributed by atoms with van der Waals surface area (Å²) in [6.07, 6.45) is 1.02. The number of hydrogen-bond acceptors (Lipinski definition) is 4. The molecule has 3 aromatic carbocycles. The van der Waals surface area contributed by atoms with Gasteiger partial charge in [0.05, 0.1) is 9.92 Å². The van der Waals surface area contributed by atoms with Gasteiger partial charge in [-0.05, 0) is 53.9 Å². The normalized spacial score (nSPS) is 17.7. The van der Waals surface area contributed by atoms with Crippen molar-refractivity contribution in [3.8, 4) is 11.5 Å². The summed E-state index contributed by atoms with van der Waals surface area (Å²) in [5, 5.41) is 0.506. The lowest BCUT2D eigenvalue weighted by atomic mass is 9.97. The van der Waals surface area contributed by atoms with Crippen molar-refractivity contribution in [3.05, 3.63) is 88.9 Å². The average Bonchev–Trinajstić information content (AvgIpc) is 2.74. The Morgan fingerprint density at radius 3 is 2.29 bits per heavy atom. The third-order valence-corrected chi connectivity index (χ3v) is 8.19. The van der Waals surface area contributed by atoms with E-state index >= 15 is 0 Å². The first-order valence-electron chi connectivity index (χ1n) is 10.3. The predicted molar refractivity (Wildman–Crippen MR) is 121 cm³/mol. The van der Waals surface area contributed by atoms with Crippen LogP contribution < -0.4 is 4.74 Å². The van der Waals surface area contributed by atoms with Gasteiger partial charge in [-0.25, -0.2) is 8.42 Å². The number of para-hydroxylation sites is 1. The van der Waals surface area contributed by atoms with E-state index in [0.717, 1.165) is 19.5 Å². The van der Waals surface area contributed by atoms with Crippen LogP contribution in [0.15, 0.2) is 77.7 Å². The van der Waals surface area contributed by atoms with E-state index in [0.29, 0.717) is 29.6 Å². The number of hydrogen-bond donors (Lipinski definition) is 0. The van der Waals surface area contributed by atoms with Crippen molar-refractivity contribution in [2.75, 3.05) is 19.6 Å². The van der Waals surface area contributed by atoms with Crippen LogP contribution in [0.25, 0.3) is 0 Å². The Kier molecular flexibility index (Phi) is 5.48. The fourth-order valence-corrected chi connectivity index (χ4v) is 5.85. The Labute approximate surface area is 187 Å². The first kappa shape index (κ1) is 20.5. The smallest absolute Gasteiger partial charge is 0.243 e. The van der Waals surface area contributed by atoms with Crippen molar-refractivity contribution in [1.29, 1.82) is 0 Å². The van der Waals surface area contributed by atoms with Gasteiger partial charge in [-0.3, -0.25) is 4.90 Å². The van der Waals surface area contributed by atoms with Crippen molar-refractivity contribution < 1.29 is 13.2 Å². The maximum absolute atomic E-state index is 13.0. The molecule has 31 heavy (non-hydrogen) atoms. The van der Waals surface area contributed by atoms with E-state index < -0.39 is 10.0 Å². The molecule has 0 saturated carbocycles. The number of sulfonamides is 1. The molecule has 0 aliphatic carbocycles.